The van der Waals surface area contributed by atoms with Gasteiger partial charge in [0.15, 0.2) is 5.76 Å². The molecule has 28 heavy (non-hydrogen) atoms. The van der Waals surface area contributed by atoms with E-state index in [1.165, 1.54) is 19.1 Å². The van der Waals surface area contributed by atoms with Crippen LogP contribution in [0.25, 0.3) is 0 Å². The average molecular weight is 406 g/mol. The highest BCUT2D eigenvalue weighted by atomic mass is 19.4. The quantitative estimate of drug-likeness (QED) is 0.781. The van der Waals surface area contributed by atoms with Crippen molar-refractivity contribution in [2.75, 3.05) is 26.2 Å². The van der Waals surface area contributed by atoms with E-state index < -0.39 is 12.1 Å². The third-order valence-corrected chi connectivity index (χ3v) is 4.86. The third kappa shape index (κ3) is 5.96. The molecule has 1 aromatic rings. The maximum absolute atomic E-state index is 11.9. The number of hydrogen-bond donors (Lipinski definition) is 2. The first-order valence-corrected chi connectivity index (χ1v) is 9.21. The van der Waals surface area contributed by atoms with Crippen LogP contribution in [0, 0.1) is 5.92 Å². The zero-order chi connectivity index (χ0) is 20.7. The normalized spacial score (nSPS) is 24.8. The lowest BCUT2D eigenvalue weighted by Crippen LogP contribution is -2.51. The summed E-state index contributed by atoms with van der Waals surface area (Å²) in [7, 11) is 0. The summed E-state index contributed by atoms with van der Waals surface area (Å²) in [6.07, 6.45) is 0.179. The second kappa shape index (κ2) is 9.92. The van der Waals surface area contributed by atoms with Crippen molar-refractivity contribution in [3.05, 3.63) is 24.2 Å². The maximum Gasteiger partial charge on any atom is 0.490 e. The minimum Gasteiger partial charge on any atom is -0.475 e. The third-order valence-electron chi connectivity index (χ3n) is 4.86. The van der Waals surface area contributed by atoms with Crippen molar-refractivity contribution in [3.63, 3.8) is 0 Å². The van der Waals surface area contributed by atoms with Crippen LogP contribution >= 0.6 is 0 Å². The fraction of sp³-hybridized carbons (Fsp3) is 0.667. The second-order valence-corrected chi connectivity index (χ2v) is 6.77. The molecule has 0 spiro atoms. The number of nitrogens with zero attached hydrogens (tertiary/aromatic N) is 1. The molecule has 3 unspecified atom stereocenters. The molecule has 1 aliphatic heterocycles. The van der Waals surface area contributed by atoms with Crippen molar-refractivity contribution < 1.29 is 37.0 Å². The minimum absolute atomic E-state index is 0.135. The maximum atomic E-state index is 11.9. The zero-order valence-electron chi connectivity index (χ0n) is 15.6. The van der Waals surface area contributed by atoms with Gasteiger partial charge in [-0.25, -0.2) is 4.79 Å². The van der Waals surface area contributed by atoms with E-state index in [1.807, 2.05) is 0 Å². The number of halogens is 3. The van der Waals surface area contributed by atoms with E-state index in [9.17, 15) is 18.0 Å². The van der Waals surface area contributed by atoms with Gasteiger partial charge >= 0.3 is 12.1 Å². The van der Waals surface area contributed by atoms with Gasteiger partial charge in [0.25, 0.3) is 5.91 Å². The van der Waals surface area contributed by atoms with Crippen molar-refractivity contribution in [3.8, 4) is 0 Å². The molecule has 158 valence electrons. The van der Waals surface area contributed by atoms with E-state index in [2.05, 4.69) is 17.1 Å². The molecule has 2 heterocycles. The molecular formula is C18H25F3N2O5. The fourth-order valence-electron chi connectivity index (χ4n) is 3.64. The Kier molecular flexibility index (Phi) is 7.88. The molecule has 0 radical (unpaired) electrons. The highest BCUT2D eigenvalue weighted by molar-refractivity contribution is 5.91. The Morgan fingerprint density at radius 1 is 1.36 bits per heavy atom. The van der Waals surface area contributed by atoms with E-state index in [4.69, 9.17) is 19.1 Å². The molecule has 1 saturated heterocycles. The van der Waals surface area contributed by atoms with Gasteiger partial charge in [0, 0.05) is 25.0 Å². The number of nitrogens with one attached hydrogen (secondary N) is 1. The van der Waals surface area contributed by atoms with E-state index in [0.29, 0.717) is 24.3 Å². The molecule has 1 aliphatic carbocycles. The molecule has 1 aromatic heterocycles. The number of fused-ring (bicyclic) bond motifs is 1. The first-order valence-electron chi connectivity index (χ1n) is 9.21. The molecular weight excluding hydrogens is 381 g/mol. The summed E-state index contributed by atoms with van der Waals surface area (Å²) in [6, 6.07) is 3.95. The summed E-state index contributed by atoms with van der Waals surface area (Å²) in [5, 5.41) is 10.1. The van der Waals surface area contributed by atoms with Gasteiger partial charge in [-0.3, -0.25) is 9.69 Å². The molecule has 1 amide bonds. The van der Waals surface area contributed by atoms with Crippen LogP contribution in [0.3, 0.4) is 0 Å². The Morgan fingerprint density at radius 3 is 2.64 bits per heavy atom. The van der Waals surface area contributed by atoms with Gasteiger partial charge < -0.3 is 19.6 Å². The monoisotopic (exact) mass is 406 g/mol. The summed E-state index contributed by atoms with van der Waals surface area (Å²) in [6.45, 7) is 5.89. The number of amides is 1. The lowest BCUT2D eigenvalue weighted by molar-refractivity contribution is -0.192. The summed E-state index contributed by atoms with van der Waals surface area (Å²) in [5.41, 5.74) is 0. The van der Waals surface area contributed by atoms with Crippen molar-refractivity contribution in [1.29, 1.82) is 0 Å². The smallest absolute Gasteiger partial charge is 0.475 e. The van der Waals surface area contributed by atoms with Crippen LogP contribution in [0.15, 0.2) is 22.8 Å². The molecule has 2 N–H and O–H groups in total. The number of hydrogen-bond acceptors (Lipinski definition) is 5. The van der Waals surface area contributed by atoms with Gasteiger partial charge in [0.2, 0.25) is 0 Å². The molecule has 2 aliphatic rings. The highest BCUT2D eigenvalue weighted by Gasteiger charge is 2.42. The van der Waals surface area contributed by atoms with Crippen LogP contribution in [-0.2, 0) is 9.53 Å². The number of alkyl halides is 3. The van der Waals surface area contributed by atoms with Crippen LogP contribution in [-0.4, -0.2) is 66.4 Å². The first kappa shape index (κ1) is 22.2. The minimum atomic E-state index is -5.08. The number of carbonyl (C=O) groups is 2. The zero-order valence-corrected chi connectivity index (χ0v) is 15.6. The molecule has 1 saturated carbocycles. The van der Waals surface area contributed by atoms with E-state index >= 15 is 0 Å². The molecule has 3 atom stereocenters. The van der Waals surface area contributed by atoms with Gasteiger partial charge in [0.1, 0.15) is 0 Å². The predicted octanol–water partition coefficient (Wildman–Crippen LogP) is 2.53. The summed E-state index contributed by atoms with van der Waals surface area (Å²) in [5.74, 6) is -2.10. The number of rotatable bonds is 5. The van der Waals surface area contributed by atoms with Gasteiger partial charge in [-0.05, 0) is 37.9 Å². The molecule has 7 nitrogen and oxygen atoms in total. The molecule has 3 rings (SSSR count). The Morgan fingerprint density at radius 2 is 2.07 bits per heavy atom. The number of carboxylic acid groups (broad SMARTS) is 1. The number of aliphatic carboxylic acids is 1. The molecule has 2 fully saturated rings. The van der Waals surface area contributed by atoms with Crippen molar-refractivity contribution >= 4 is 11.9 Å². The Labute approximate surface area is 160 Å². The number of carboxylic acids is 1. The lowest BCUT2D eigenvalue weighted by Gasteiger charge is -2.39. The summed E-state index contributed by atoms with van der Waals surface area (Å²) in [4.78, 5) is 23.4. The van der Waals surface area contributed by atoms with Gasteiger partial charge in [-0.1, -0.05) is 6.92 Å². The van der Waals surface area contributed by atoms with Crippen molar-refractivity contribution in [1.82, 2.24) is 10.2 Å². The molecule has 10 heteroatoms. The largest absolute Gasteiger partial charge is 0.490 e. The van der Waals surface area contributed by atoms with E-state index in [0.717, 1.165) is 26.1 Å². The van der Waals surface area contributed by atoms with Crippen molar-refractivity contribution in [2.45, 2.75) is 44.5 Å². The highest BCUT2D eigenvalue weighted by Crippen LogP contribution is 2.34. The standard InChI is InChI=1S/C16H24N2O3.C2HF3O2/c1-2-7-18-8-10-21-15-12(5-6-13(15)18)11-17-16(19)14-4-3-9-20-14;3-2(4,5)1(6)7/h3-4,9,12-13,15H,2,5-8,10-11H2,1H3,(H,17,19);(H,6,7). The molecule has 0 bridgehead atoms. The van der Waals surface area contributed by atoms with Crippen LogP contribution in [0.2, 0.25) is 0 Å². The summed E-state index contributed by atoms with van der Waals surface area (Å²) < 4.78 is 42.8. The van der Waals surface area contributed by atoms with Gasteiger partial charge in [0.05, 0.1) is 19.0 Å². The summed E-state index contributed by atoms with van der Waals surface area (Å²) >= 11 is 0. The second-order valence-electron chi connectivity index (χ2n) is 6.77. The predicted molar refractivity (Wildman–Crippen MR) is 92.8 cm³/mol. The fourth-order valence-corrected chi connectivity index (χ4v) is 3.64. The molecule has 0 aromatic carbocycles. The van der Waals surface area contributed by atoms with Crippen LogP contribution in [0.1, 0.15) is 36.7 Å². The Hall–Kier alpha value is -2.07. The average Bonchev–Trinajstić information content (AvgIpc) is 3.30. The number of ether oxygens (including phenoxy) is 1. The topological polar surface area (TPSA) is 92.0 Å². The number of morpholine rings is 1. The Balaban J connectivity index is 0.000000345. The number of furan rings is 1. The number of carbonyl (C=O) groups excluding carboxylic acids is 1. The van der Waals surface area contributed by atoms with Crippen LogP contribution < -0.4 is 5.32 Å². The van der Waals surface area contributed by atoms with Crippen LogP contribution in [0.5, 0.6) is 0 Å². The van der Waals surface area contributed by atoms with E-state index in [-0.39, 0.29) is 12.0 Å². The van der Waals surface area contributed by atoms with Crippen molar-refractivity contribution in [2.24, 2.45) is 5.92 Å². The first-order chi connectivity index (χ1) is 13.2. The SMILES string of the molecule is CCCN1CCOC2C(CNC(=O)c3ccco3)CCC21.O=C(O)C(F)(F)F. The Bertz CT molecular complexity index is 634. The van der Waals surface area contributed by atoms with Gasteiger partial charge in [-0.2, -0.15) is 13.2 Å². The lowest BCUT2D eigenvalue weighted by atomic mass is 10.0. The van der Waals surface area contributed by atoms with E-state index in [1.54, 1.807) is 12.1 Å². The van der Waals surface area contributed by atoms with Gasteiger partial charge in [-0.15, -0.1) is 0 Å². The van der Waals surface area contributed by atoms with Crippen LogP contribution in [0.4, 0.5) is 13.2 Å².